The van der Waals surface area contributed by atoms with Crippen LogP contribution >= 0.6 is 70.6 Å². The molecule has 2 nitrogen and oxygen atoms in total. The zero-order chi connectivity index (χ0) is 17.9. The Hall–Kier alpha value is 0.660. The van der Waals surface area contributed by atoms with Gasteiger partial charge < -0.3 is 9.47 Å². The molecule has 0 aromatic carbocycles. The summed E-state index contributed by atoms with van der Waals surface area (Å²) in [6.07, 6.45) is 7.73. The van der Waals surface area contributed by atoms with E-state index in [1.165, 1.54) is 55.5 Å². The van der Waals surface area contributed by atoms with Gasteiger partial charge in [0, 0.05) is 0 Å². The maximum Gasteiger partial charge on any atom is 0.208 e. The van der Waals surface area contributed by atoms with Gasteiger partial charge in [-0.05, 0) is 54.8 Å². The van der Waals surface area contributed by atoms with E-state index in [0.29, 0.717) is 13.2 Å². The number of hydrogen-bond donors (Lipinski definition) is 0. The zero-order valence-corrected chi connectivity index (χ0v) is 19.8. The predicted molar refractivity (Wildman–Crippen MR) is 125 cm³/mol. The molecule has 8 heteroatoms. The Morgan fingerprint density at radius 1 is 0.692 bits per heavy atom. The van der Waals surface area contributed by atoms with Gasteiger partial charge in [0.05, 0.1) is 21.2 Å². The van der Waals surface area contributed by atoms with Crippen molar-refractivity contribution in [3.05, 3.63) is 36.9 Å². The highest BCUT2D eigenvalue weighted by Crippen LogP contribution is 2.70. The van der Waals surface area contributed by atoms with Gasteiger partial charge in [-0.15, -0.1) is 0 Å². The van der Waals surface area contributed by atoms with Crippen molar-refractivity contribution in [2.24, 2.45) is 0 Å². The van der Waals surface area contributed by atoms with Crippen molar-refractivity contribution in [1.82, 2.24) is 0 Å². The Balaban J connectivity index is 1.41. The van der Waals surface area contributed by atoms with Gasteiger partial charge in [0.25, 0.3) is 0 Å². The minimum Gasteiger partial charge on any atom is -0.480 e. The third-order valence-corrected chi connectivity index (χ3v) is 12.8. The van der Waals surface area contributed by atoms with E-state index in [0.717, 1.165) is 10.2 Å². The molecule has 4 aliphatic heterocycles. The van der Waals surface area contributed by atoms with Crippen LogP contribution in [0.15, 0.2) is 36.9 Å². The van der Waals surface area contributed by atoms with E-state index in [2.05, 4.69) is 13.8 Å². The molecule has 26 heavy (non-hydrogen) atoms. The largest absolute Gasteiger partial charge is 0.480 e. The fraction of sp³-hybridized carbons (Fsp3) is 0.556. The molecule has 0 amide bonds. The SMILES string of the molecule is CCCCC(CCCC)=C1SC2=C(S1)SC(=C1SC3=C(OCCO3)S1)S2. The molecule has 4 heterocycles. The number of rotatable bonds is 6. The molecule has 0 N–H and O–H groups in total. The quantitative estimate of drug-likeness (QED) is 0.386. The lowest BCUT2D eigenvalue weighted by atomic mass is 10.0. The smallest absolute Gasteiger partial charge is 0.208 e. The van der Waals surface area contributed by atoms with Gasteiger partial charge in [0.15, 0.2) is 0 Å². The second-order valence-corrected chi connectivity index (χ2v) is 13.5. The molecular formula is C18H22O2S6. The molecule has 0 aromatic heterocycles. The van der Waals surface area contributed by atoms with Crippen molar-refractivity contribution in [2.45, 2.75) is 52.4 Å². The van der Waals surface area contributed by atoms with Gasteiger partial charge in [-0.3, -0.25) is 0 Å². The van der Waals surface area contributed by atoms with Crippen LogP contribution < -0.4 is 0 Å². The van der Waals surface area contributed by atoms with Crippen LogP contribution in [0.2, 0.25) is 0 Å². The Morgan fingerprint density at radius 2 is 1.15 bits per heavy atom. The maximum atomic E-state index is 5.72. The summed E-state index contributed by atoms with van der Waals surface area (Å²) >= 11 is 11.4. The van der Waals surface area contributed by atoms with E-state index >= 15 is 0 Å². The van der Waals surface area contributed by atoms with Gasteiger partial charge in [-0.25, -0.2) is 0 Å². The van der Waals surface area contributed by atoms with Crippen molar-refractivity contribution in [2.75, 3.05) is 13.2 Å². The Labute approximate surface area is 181 Å². The molecule has 4 aliphatic rings. The summed E-state index contributed by atoms with van der Waals surface area (Å²) in [4.78, 5) is 0. The number of thioether (sulfide) groups is 6. The molecule has 142 valence electrons. The number of unbranched alkanes of at least 4 members (excludes halogenated alkanes) is 2. The van der Waals surface area contributed by atoms with E-state index in [1.54, 1.807) is 33.3 Å². The summed E-state index contributed by atoms with van der Waals surface area (Å²) in [6, 6.07) is 0. The lowest BCUT2D eigenvalue weighted by molar-refractivity contribution is 0.0949. The lowest BCUT2D eigenvalue weighted by Crippen LogP contribution is -2.08. The maximum absolute atomic E-state index is 5.72. The van der Waals surface area contributed by atoms with E-state index in [1.807, 2.05) is 47.0 Å². The normalized spacial score (nSPS) is 22.0. The van der Waals surface area contributed by atoms with Crippen molar-refractivity contribution in [3.8, 4) is 0 Å². The van der Waals surface area contributed by atoms with Crippen LogP contribution in [0.1, 0.15) is 52.4 Å². The van der Waals surface area contributed by atoms with Crippen LogP contribution in [-0.4, -0.2) is 13.2 Å². The summed E-state index contributed by atoms with van der Waals surface area (Å²) in [5.74, 6) is 0. The highest BCUT2D eigenvalue weighted by atomic mass is 32.3. The summed E-state index contributed by atoms with van der Waals surface area (Å²) in [5, 5.41) is 1.92. The molecule has 0 saturated heterocycles. The van der Waals surface area contributed by atoms with Gasteiger partial charge in [0.2, 0.25) is 10.2 Å². The fourth-order valence-electron chi connectivity index (χ4n) is 2.73. The second-order valence-electron chi connectivity index (χ2n) is 6.13. The third kappa shape index (κ3) is 4.46. The van der Waals surface area contributed by atoms with Gasteiger partial charge >= 0.3 is 0 Å². The molecule has 0 fully saturated rings. The highest BCUT2D eigenvalue weighted by Gasteiger charge is 2.36. The summed E-state index contributed by atoms with van der Waals surface area (Å²) in [5.41, 5.74) is 1.69. The highest BCUT2D eigenvalue weighted by molar-refractivity contribution is 8.49. The van der Waals surface area contributed by atoms with Crippen molar-refractivity contribution in [1.29, 1.82) is 0 Å². The van der Waals surface area contributed by atoms with E-state index in [9.17, 15) is 0 Å². The Bertz CT molecular complexity index is 630. The first-order valence-electron chi connectivity index (χ1n) is 9.06. The second kappa shape index (κ2) is 9.44. The first-order valence-corrected chi connectivity index (χ1v) is 14.0. The minimum absolute atomic E-state index is 0.669. The van der Waals surface area contributed by atoms with Crippen LogP contribution in [0, 0.1) is 0 Å². The molecule has 0 bridgehead atoms. The molecule has 0 unspecified atom stereocenters. The number of hydrogen-bond acceptors (Lipinski definition) is 8. The molecule has 0 radical (unpaired) electrons. The topological polar surface area (TPSA) is 18.5 Å². The van der Waals surface area contributed by atoms with Gasteiger partial charge in [-0.2, -0.15) is 0 Å². The molecule has 0 aliphatic carbocycles. The van der Waals surface area contributed by atoms with Crippen LogP contribution in [0.5, 0.6) is 0 Å². The van der Waals surface area contributed by atoms with Gasteiger partial charge in [0.1, 0.15) is 13.2 Å². The molecule has 0 saturated carbocycles. The number of allylic oxidation sites excluding steroid dienone is 1. The minimum atomic E-state index is 0.669. The Kier molecular flexibility index (Phi) is 7.24. The van der Waals surface area contributed by atoms with E-state index < -0.39 is 0 Å². The summed E-state index contributed by atoms with van der Waals surface area (Å²) in [7, 11) is 0. The molecule has 0 spiro atoms. The lowest BCUT2D eigenvalue weighted by Gasteiger charge is -2.13. The molecule has 0 aromatic rings. The average Bonchev–Trinajstić information content (AvgIpc) is 3.33. The first kappa shape index (κ1) is 20.0. The van der Waals surface area contributed by atoms with Crippen LogP contribution in [0.3, 0.4) is 0 Å². The Morgan fingerprint density at radius 3 is 1.65 bits per heavy atom. The first-order chi connectivity index (χ1) is 12.8. The van der Waals surface area contributed by atoms with Gasteiger partial charge in [-0.1, -0.05) is 73.7 Å². The predicted octanol–water partition coefficient (Wildman–Crippen LogP) is 8.45. The van der Waals surface area contributed by atoms with Crippen molar-refractivity contribution < 1.29 is 9.47 Å². The van der Waals surface area contributed by atoms with Crippen LogP contribution in [0.4, 0.5) is 0 Å². The number of ether oxygens (including phenoxy) is 2. The fourth-order valence-corrected chi connectivity index (χ4v) is 11.8. The van der Waals surface area contributed by atoms with Crippen LogP contribution in [-0.2, 0) is 9.47 Å². The molecule has 4 rings (SSSR count). The standard InChI is InChI=1S/C18H22O2S6/c1-3-5-7-11(8-6-4-2)14-23-17-18(24-14)26-16(25-17)15-21-12-13(22-15)20-10-9-19-12/h3-10H2,1-2H3. The van der Waals surface area contributed by atoms with E-state index in [-0.39, 0.29) is 0 Å². The summed E-state index contributed by atoms with van der Waals surface area (Å²) < 4.78 is 18.7. The monoisotopic (exact) mass is 462 g/mol. The van der Waals surface area contributed by atoms with Crippen molar-refractivity contribution >= 4 is 70.6 Å². The van der Waals surface area contributed by atoms with Crippen molar-refractivity contribution in [3.63, 3.8) is 0 Å². The van der Waals surface area contributed by atoms with E-state index in [4.69, 9.17) is 9.47 Å². The molecule has 0 atom stereocenters. The summed E-state index contributed by atoms with van der Waals surface area (Å²) in [6.45, 7) is 5.92. The molecular weight excluding hydrogens is 441 g/mol. The zero-order valence-electron chi connectivity index (χ0n) is 14.9. The third-order valence-electron chi connectivity index (χ3n) is 4.11. The average molecular weight is 463 g/mol. The van der Waals surface area contributed by atoms with Crippen LogP contribution in [0.25, 0.3) is 0 Å².